The van der Waals surface area contributed by atoms with Crippen molar-refractivity contribution < 1.29 is 24.2 Å². The SMILES string of the molecule is COc1cc(O)c(C(CC(=O)N2CCCC(C)C2)c2ccc(C(=O)N(C)C)cc2)c(OC)c1. The van der Waals surface area contributed by atoms with Gasteiger partial charge in [0.15, 0.2) is 0 Å². The number of ether oxygens (including phenoxy) is 2. The fraction of sp³-hybridized carbons (Fsp3) is 0.462. The maximum absolute atomic E-state index is 13.3. The Bertz CT molecular complexity index is 987. The Balaban J connectivity index is 2.02. The van der Waals surface area contributed by atoms with Crippen molar-refractivity contribution in [3.8, 4) is 17.2 Å². The molecule has 0 bridgehead atoms. The largest absolute Gasteiger partial charge is 0.507 e. The first-order valence-electron chi connectivity index (χ1n) is 11.3. The average molecular weight is 455 g/mol. The minimum absolute atomic E-state index is 0.00413. The summed E-state index contributed by atoms with van der Waals surface area (Å²) in [6.07, 6.45) is 2.31. The standard InChI is InChI=1S/C26H34N2O5/c1-17-7-6-12-28(16-17)24(30)15-21(18-8-10-19(11-9-18)26(31)27(2)3)25-22(29)13-20(32-4)14-23(25)33-5/h8-11,13-14,17,21,29H,6-7,12,15-16H2,1-5H3. The van der Waals surface area contributed by atoms with Gasteiger partial charge in [0.25, 0.3) is 5.91 Å². The smallest absolute Gasteiger partial charge is 0.253 e. The minimum Gasteiger partial charge on any atom is -0.507 e. The molecule has 0 aliphatic carbocycles. The van der Waals surface area contributed by atoms with Gasteiger partial charge in [0.05, 0.1) is 14.2 Å². The van der Waals surface area contributed by atoms with Crippen molar-refractivity contribution in [1.82, 2.24) is 9.80 Å². The number of piperidine rings is 1. The summed E-state index contributed by atoms with van der Waals surface area (Å²) in [5.74, 6) is 0.892. The molecule has 1 N–H and O–H groups in total. The van der Waals surface area contributed by atoms with Crippen LogP contribution in [0.25, 0.3) is 0 Å². The average Bonchev–Trinajstić information content (AvgIpc) is 2.81. The van der Waals surface area contributed by atoms with Crippen molar-refractivity contribution in [2.45, 2.75) is 32.1 Å². The van der Waals surface area contributed by atoms with Gasteiger partial charge in [-0.3, -0.25) is 9.59 Å². The number of carbonyl (C=O) groups excluding carboxylic acids is 2. The second-order valence-electron chi connectivity index (χ2n) is 8.93. The van der Waals surface area contributed by atoms with E-state index in [0.717, 1.165) is 31.5 Å². The number of hydrogen-bond donors (Lipinski definition) is 1. The van der Waals surface area contributed by atoms with Gasteiger partial charge in [0, 0.05) is 62.8 Å². The number of methoxy groups -OCH3 is 2. The van der Waals surface area contributed by atoms with Crippen molar-refractivity contribution in [3.63, 3.8) is 0 Å². The number of phenols is 1. The van der Waals surface area contributed by atoms with Gasteiger partial charge < -0.3 is 24.4 Å². The molecule has 0 radical (unpaired) electrons. The number of rotatable bonds is 7. The van der Waals surface area contributed by atoms with E-state index in [1.807, 2.05) is 17.0 Å². The van der Waals surface area contributed by atoms with E-state index in [2.05, 4.69) is 6.92 Å². The molecular formula is C26H34N2O5. The van der Waals surface area contributed by atoms with Crippen molar-refractivity contribution in [1.29, 1.82) is 0 Å². The second kappa shape index (κ2) is 10.6. The molecule has 0 spiro atoms. The molecule has 1 fully saturated rings. The van der Waals surface area contributed by atoms with E-state index in [4.69, 9.17) is 9.47 Å². The van der Waals surface area contributed by atoms with E-state index in [-0.39, 0.29) is 24.0 Å². The highest BCUT2D eigenvalue weighted by atomic mass is 16.5. The van der Waals surface area contributed by atoms with E-state index < -0.39 is 5.92 Å². The van der Waals surface area contributed by atoms with E-state index >= 15 is 0 Å². The lowest BCUT2D eigenvalue weighted by Gasteiger charge is -2.32. The molecule has 2 atom stereocenters. The van der Waals surface area contributed by atoms with Crippen LogP contribution in [0.2, 0.25) is 0 Å². The lowest BCUT2D eigenvalue weighted by molar-refractivity contribution is -0.133. The Morgan fingerprint density at radius 1 is 1.15 bits per heavy atom. The molecule has 1 aliphatic heterocycles. The first kappa shape index (κ1) is 24.4. The van der Waals surface area contributed by atoms with Crippen LogP contribution in [0.4, 0.5) is 0 Å². The Labute approximate surface area is 195 Å². The highest BCUT2D eigenvalue weighted by Crippen LogP contribution is 2.43. The van der Waals surface area contributed by atoms with E-state index in [1.54, 1.807) is 32.3 Å². The summed E-state index contributed by atoms with van der Waals surface area (Å²) in [5.41, 5.74) is 1.91. The molecule has 178 valence electrons. The van der Waals surface area contributed by atoms with Crippen LogP contribution < -0.4 is 9.47 Å². The summed E-state index contributed by atoms with van der Waals surface area (Å²) in [5, 5.41) is 10.9. The molecule has 2 unspecified atom stereocenters. The molecule has 7 heteroatoms. The fourth-order valence-corrected chi connectivity index (χ4v) is 4.45. The van der Waals surface area contributed by atoms with E-state index in [0.29, 0.717) is 28.5 Å². The first-order valence-corrected chi connectivity index (χ1v) is 11.3. The van der Waals surface area contributed by atoms with Crippen LogP contribution in [-0.4, -0.2) is 68.1 Å². The Kier molecular flexibility index (Phi) is 7.84. The number of likely N-dealkylation sites (tertiary alicyclic amines) is 1. The molecule has 0 saturated carbocycles. The van der Waals surface area contributed by atoms with Crippen LogP contribution >= 0.6 is 0 Å². The minimum atomic E-state index is -0.445. The topological polar surface area (TPSA) is 79.3 Å². The van der Waals surface area contributed by atoms with Gasteiger partial charge in [-0.15, -0.1) is 0 Å². The number of benzene rings is 2. The molecule has 2 aromatic rings. The van der Waals surface area contributed by atoms with Crippen LogP contribution in [0.1, 0.15) is 53.6 Å². The predicted octanol–water partition coefficient (Wildman–Crippen LogP) is 3.89. The van der Waals surface area contributed by atoms with Crippen molar-refractivity contribution in [2.24, 2.45) is 5.92 Å². The van der Waals surface area contributed by atoms with Crippen molar-refractivity contribution >= 4 is 11.8 Å². The number of nitrogens with zero attached hydrogens (tertiary/aromatic N) is 2. The molecule has 1 heterocycles. The molecule has 3 rings (SSSR count). The molecule has 33 heavy (non-hydrogen) atoms. The second-order valence-corrected chi connectivity index (χ2v) is 8.93. The number of carbonyl (C=O) groups is 2. The highest BCUT2D eigenvalue weighted by Gasteiger charge is 2.29. The zero-order valence-corrected chi connectivity index (χ0v) is 20.1. The maximum atomic E-state index is 13.3. The first-order chi connectivity index (χ1) is 15.7. The van der Waals surface area contributed by atoms with Crippen molar-refractivity contribution in [2.75, 3.05) is 41.4 Å². The lowest BCUT2D eigenvalue weighted by Crippen LogP contribution is -2.39. The van der Waals surface area contributed by atoms with Gasteiger partial charge >= 0.3 is 0 Å². The van der Waals surface area contributed by atoms with Gasteiger partial charge in [-0.2, -0.15) is 0 Å². The fourth-order valence-electron chi connectivity index (χ4n) is 4.45. The van der Waals surface area contributed by atoms with E-state index in [1.165, 1.54) is 25.2 Å². The zero-order chi connectivity index (χ0) is 24.1. The highest BCUT2D eigenvalue weighted by molar-refractivity contribution is 5.94. The molecule has 1 aliphatic rings. The van der Waals surface area contributed by atoms with E-state index in [9.17, 15) is 14.7 Å². The quantitative estimate of drug-likeness (QED) is 0.687. The van der Waals surface area contributed by atoms with Gasteiger partial charge in [-0.05, 0) is 36.5 Å². The molecule has 7 nitrogen and oxygen atoms in total. The molecular weight excluding hydrogens is 420 g/mol. The van der Waals surface area contributed by atoms with Crippen LogP contribution in [0.3, 0.4) is 0 Å². The van der Waals surface area contributed by atoms with Crippen LogP contribution in [-0.2, 0) is 4.79 Å². The summed E-state index contributed by atoms with van der Waals surface area (Å²) in [4.78, 5) is 29.1. The van der Waals surface area contributed by atoms with Crippen LogP contribution in [0, 0.1) is 5.92 Å². The summed E-state index contributed by atoms with van der Waals surface area (Å²) in [7, 11) is 6.46. The van der Waals surface area contributed by atoms with Gasteiger partial charge in [0.2, 0.25) is 5.91 Å². The third-order valence-corrected chi connectivity index (χ3v) is 6.25. The normalized spacial score (nSPS) is 16.8. The Morgan fingerprint density at radius 2 is 1.85 bits per heavy atom. The van der Waals surface area contributed by atoms with Gasteiger partial charge in [0.1, 0.15) is 17.2 Å². The van der Waals surface area contributed by atoms with Gasteiger partial charge in [-0.1, -0.05) is 19.1 Å². The summed E-state index contributed by atoms with van der Waals surface area (Å²) < 4.78 is 10.9. The van der Waals surface area contributed by atoms with Crippen molar-refractivity contribution in [3.05, 3.63) is 53.1 Å². The van der Waals surface area contributed by atoms with Crippen LogP contribution in [0.15, 0.2) is 36.4 Å². The van der Waals surface area contributed by atoms with Crippen LogP contribution in [0.5, 0.6) is 17.2 Å². The maximum Gasteiger partial charge on any atom is 0.253 e. The Hall–Kier alpha value is -3.22. The number of phenolic OH excluding ortho intramolecular Hbond substituents is 1. The predicted molar refractivity (Wildman–Crippen MR) is 127 cm³/mol. The monoisotopic (exact) mass is 454 g/mol. The summed E-state index contributed by atoms with van der Waals surface area (Å²) in [6.45, 7) is 3.65. The molecule has 0 aromatic heterocycles. The third kappa shape index (κ3) is 5.59. The molecule has 2 amide bonds. The summed E-state index contributed by atoms with van der Waals surface area (Å²) in [6, 6.07) is 10.4. The number of amides is 2. The third-order valence-electron chi connectivity index (χ3n) is 6.25. The summed E-state index contributed by atoms with van der Waals surface area (Å²) >= 11 is 0. The lowest BCUT2D eigenvalue weighted by atomic mass is 9.85. The van der Waals surface area contributed by atoms with Gasteiger partial charge in [-0.25, -0.2) is 0 Å². The number of hydrogen-bond acceptors (Lipinski definition) is 5. The Morgan fingerprint density at radius 3 is 2.42 bits per heavy atom. The molecule has 2 aromatic carbocycles. The zero-order valence-electron chi connectivity index (χ0n) is 20.1. The number of aromatic hydroxyl groups is 1. The molecule has 1 saturated heterocycles.